The summed E-state index contributed by atoms with van der Waals surface area (Å²) in [7, 11) is 1.97. The second kappa shape index (κ2) is 6.21. The third-order valence-electron chi connectivity index (χ3n) is 3.01. The summed E-state index contributed by atoms with van der Waals surface area (Å²) < 4.78 is 5.42. The molecule has 0 aliphatic carbocycles. The average molecular weight is 277 g/mol. The first-order valence-corrected chi connectivity index (χ1v) is 7.18. The number of hydrogen-bond acceptors (Lipinski definition) is 5. The Kier molecular flexibility index (Phi) is 4.61. The molecular weight excluding hydrogens is 258 g/mol. The smallest absolute Gasteiger partial charge is 0.276 e. The van der Waals surface area contributed by atoms with Crippen molar-refractivity contribution < 1.29 is 4.42 Å². The van der Waals surface area contributed by atoms with Crippen LogP contribution in [0.1, 0.15) is 30.0 Å². The van der Waals surface area contributed by atoms with Crippen molar-refractivity contribution in [3.8, 4) is 0 Å². The summed E-state index contributed by atoms with van der Waals surface area (Å²) in [6.45, 7) is 6.06. The summed E-state index contributed by atoms with van der Waals surface area (Å²) in [6.07, 6.45) is 0. The molecule has 1 N–H and O–H groups in total. The van der Waals surface area contributed by atoms with Crippen LogP contribution in [0.5, 0.6) is 0 Å². The molecule has 102 valence electrons. The van der Waals surface area contributed by atoms with E-state index in [0.717, 1.165) is 0 Å². The normalized spacial score (nSPS) is 14.3. The van der Waals surface area contributed by atoms with Crippen LogP contribution in [0.4, 0.5) is 0 Å². The summed E-state index contributed by atoms with van der Waals surface area (Å²) in [4.78, 5) is 0. The second-order valence-corrected chi connectivity index (χ2v) is 5.92. The van der Waals surface area contributed by atoms with Crippen molar-refractivity contribution >= 4 is 11.8 Å². The minimum absolute atomic E-state index is 0.248. The quantitative estimate of drug-likeness (QED) is 0.851. The fourth-order valence-electron chi connectivity index (χ4n) is 2.00. The van der Waals surface area contributed by atoms with E-state index >= 15 is 0 Å². The van der Waals surface area contributed by atoms with Crippen LogP contribution in [0, 0.1) is 13.8 Å². The molecule has 1 aromatic heterocycles. The van der Waals surface area contributed by atoms with Gasteiger partial charge in [0.05, 0.1) is 0 Å². The molecule has 2 aromatic rings. The second-order valence-electron chi connectivity index (χ2n) is 4.59. The Hall–Kier alpha value is -1.33. The lowest BCUT2D eigenvalue weighted by molar-refractivity contribution is 0.427. The van der Waals surface area contributed by atoms with Crippen molar-refractivity contribution in [2.45, 2.75) is 37.3 Å². The summed E-state index contributed by atoms with van der Waals surface area (Å²) in [5.41, 5.74) is 2.54. The molecule has 1 aromatic carbocycles. The van der Waals surface area contributed by atoms with E-state index in [1.54, 1.807) is 18.7 Å². The van der Waals surface area contributed by atoms with E-state index in [1.807, 2.05) is 7.05 Å². The lowest BCUT2D eigenvalue weighted by Crippen LogP contribution is -2.25. The van der Waals surface area contributed by atoms with Gasteiger partial charge in [0.15, 0.2) is 0 Å². The molecule has 2 atom stereocenters. The van der Waals surface area contributed by atoms with E-state index in [2.05, 4.69) is 53.6 Å². The van der Waals surface area contributed by atoms with Crippen LogP contribution in [0.3, 0.4) is 0 Å². The molecule has 0 aliphatic rings. The molecular formula is C14H19N3OS. The van der Waals surface area contributed by atoms with Gasteiger partial charge in [0.25, 0.3) is 5.22 Å². The topological polar surface area (TPSA) is 51.0 Å². The number of rotatable bonds is 5. The number of nitrogens with one attached hydrogen (secondary N) is 1. The number of aromatic nitrogens is 2. The number of thioether (sulfide) groups is 1. The highest BCUT2D eigenvalue weighted by molar-refractivity contribution is 7.99. The number of aryl methyl sites for hydroxylation is 2. The van der Waals surface area contributed by atoms with Gasteiger partial charge >= 0.3 is 0 Å². The van der Waals surface area contributed by atoms with Crippen molar-refractivity contribution in [2.75, 3.05) is 7.05 Å². The van der Waals surface area contributed by atoms with Crippen LogP contribution in [0.2, 0.25) is 0 Å². The van der Waals surface area contributed by atoms with Crippen molar-refractivity contribution in [2.24, 2.45) is 0 Å². The maximum absolute atomic E-state index is 5.42. The van der Waals surface area contributed by atoms with Crippen LogP contribution in [-0.2, 0) is 0 Å². The lowest BCUT2D eigenvalue weighted by atomic mass is 10.0. The lowest BCUT2D eigenvalue weighted by Gasteiger charge is -2.22. The fourth-order valence-corrected chi connectivity index (χ4v) is 3.00. The Bertz CT molecular complexity index is 524. The zero-order valence-electron chi connectivity index (χ0n) is 11.7. The van der Waals surface area contributed by atoms with Crippen LogP contribution in [0.25, 0.3) is 0 Å². The minimum Gasteiger partial charge on any atom is -0.416 e. The number of nitrogens with zero attached hydrogens (tertiary/aromatic N) is 2. The standard InChI is InChI=1S/C14H19N3OS/c1-9-5-7-12(8-6-9)13(15-4)10(2)19-14-17-16-11(3)18-14/h5-8,10,13,15H,1-4H3. The molecule has 2 unspecified atom stereocenters. The Morgan fingerprint density at radius 1 is 1.16 bits per heavy atom. The predicted octanol–water partition coefficient (Wildman–Crippen LogP) is 3.13. The highest BCUT2D eigenvalue weighted by Crippen LogP contribution is 2.31. The van der Waals surface area contributed by atoms with E-state index in [-0.39, 0.29) is 6.04 Å². The van der Waals surface area contributed by atoms with Gasteiger partial charge in [-0.25, -0.2) is 0 Å². The van der Waals surface area contributed by atoms with Gasteiger partial charge in [0.1, 0.15) is 0 Å². The Balaban J connectivity index is 2.10. The van der Waals surface area contributed by atoms with E-state index in [1.165, 1.54) is 11.1 Å². The maximum Gasteiger partial charge on any atom is 0.276 e. The summed E-state index contributed by atoms with van der Waals surface area (Å²) in [6, 6.07) is 8.83. The molecule has 2 rings (SSSR count). The third-order valence-corrected chi connectivity index (χ3v) is 4.02. The van der Waals surface area contributed by atoms with Gasteiger partial charge in [-0.3, -0.25) is 0 Å². The van der Waals surface area contributed by atoms with E-state index < -0.39 is 0 Å². The first-order chi connectivity index (χ1) is 9.10. The average Bonchev–Trinajstić information content (AvgIpc) is 2.78. The van der Waals surface area contributed by atoms with Crippen LogP contribution < -0.4 is 5.32 Å². The monoisotopic (exact) mass is 277 g/mol. The molecule has 1 heterocycles. The molecule has 4 nitrogen and oxygen atoms in total. The van der Waals surface area contributed by atoms with Crippen LogP contribution in [-0.4, -0.2) is 22.5 Å². The van der Waals surface area contributed by atoms with Crippen LogP contribution in [0.15, 0.2) is 33.9 Å². The summed E-state index contributed by atoms with van der Waals surface area (Å²) in [5, 5.41) is 12.2. The third kappa shape index (κ3) is 3.58. The number of benzene rings is 1. The SMILES string of the molecule is CNC(c1ccc(C)cc1)C(C)Sc1nnc(C)o1. The van der Waals surface area contributed by atoms with Gasteiger partial charge in [-0.15, -0.1) is 10.2 Å². The predicted molar refractivity (Wildman–Crippen MR) is 77.3 cm³/mol. The van der Waals surface area contributed by atoms with Crippen molar-refractivity contribution in [1.29, 1.82) is 0 Å². The van der Waals surface area contributed by atoms with Gasteiger partial charge in [-0.2, -0.15) is 0 Å². The molecule has 5 heteroatoms. The zero-order chi connectivity index (χ0) is 13.8. The first kappa shape index (κ1) is 14.1. The molecule has 0 saturated carbocycles. The van der Waals surface area contributed by atoms with Crippen molar-refractivity contribution in [3.05, 3.63) is 41.3 Å². The summed E-state index contributed by atoms with van der Waals surface area (Å²) in [5.74, 6) is 0.603. The largest absolute Gasteiger partial charge is 0.416 e. The van der Waals surface area contributed by atoms with Gasteiger partial charge in [-0.1, -0.05) is 48.5 Å². The first-order valence-electron chi connectivity index (χ1n) is 6.30. The van der Waals surface area contributed by atoms with Crippen LogP contribution >= 0.6 is 11.8 Å². The number of hydrogen-bond donors (Lipinski definition) is 1. The van der Waals surface area contributed by atoms with Gasteiger partial charge in [-0.05, 0) is 19.5 Å². The molecule has 0 saturated heterocycles. The van der Waals surface area contributed by atoms with Crippen molar-refractivity contribution in [3.63, 3.8) is 0 Å². The van der Waals surface area contributed by atoms with E-state index in [4.69, 9.17) is 4.42 Å². The van der Waals surface area contributed by atoms with E-state index in [0.29, 0.717) is 16.4 Å². The molecule has 0 radical (unpaired) electrons. The van der Waals surface area contributed by atoms with Crippen molar-refractivity contribution in [1.82, 2.24) is 15.5 Å². The minimum atomic E-state index is 0.248. The summed E-state index contributed by atoms with van der Waals surface area (Å²) >= 11 is 1.59. The molecule has 0 bridgehead atoms. The molecule has 0 spiro atoms. The fraction of sp³-hybridized carbons (Fsp3) is 0.429. The van der Waals surface area contributed by atoms with Gasteiger partial charge in [0.2, 0.25) is 5.89 Å². The molecule has 0 fully saturated rings. The van der Waals surface area contributed by atoms with Gasteiger partial charge in [0, 0.05) is 18.2 Å². The highest BCUT2D eigenvalue weighted by Gasteiger charge is 2.20. The highest BCUT2D eigenvalue weighted by atomic mass is 32.2. The Morgan fingerprint density at radius 3 is 2.37 bits per heavy atom. The Labute approximate surface area is 118 Å². The molecule has 19 heavy (non-hydrogen) atoms. The maximum atomic E-state index is 5.42. The molecule has 0 amide bonds. The Morgan fingerprint density at radius 2 is 1.84 bits per heavy atom. The zero-order valence-corrected chi connectivity index (χ0v) is 12.5. The van der Waals surface area contributed by atoms with E-state index in [9.17, 15) is 0 Å². The van der Waals surface area contributed by atoms with Gasteiger partial charge < -0.3 is 9.73 Å². The molecule has 0 aliphatic heterocycles.